The van der Waals surface area contributed by atoms with Gasteiger partial charge < -0.3 is 10.4 Å². The molecule has 1 aromatic rings. The monoisotopic (exact) mass is 285 g/mol. The van der Waals surface area contributed by atoms with Gasteiger partial charge in [-0.15, -0.1) is 0 Å². The molecule has 1 unspecified atom stereocenters. The number of amides is 1. The molecule has 0 radical (unpaired) electrons. The highest BCUT2D eigenvalue weighted by atomic mass is 32.2. The van der Waals surface area contributed by atoms with Crippen LogP contribution >= 0.6 is 0 Å². The van der Waals surface area contributed by atoms with Crippen molar-refractivity contribution in [3.05, 3.63) is 29.8 Å². The third-order valence-electron chi connectivity index (χ3n) is 2.76. The molecule has 0 aromatic heterocycles. The van der Waals surface area contributed by atoms with E-state index in [1.54, 1.807) is 12.1 Å². The summed E-state index contributed by atoms with van der Waals surface area (Å²) in [6.45, 7) is 2.45. The van der Waals surface area contributed by atoms with Gasteiger partial charge in [0.25, 0.3) is 5.91 Å². The number of aliphatic hydroxyl groups excluding tert-OH is 1. The average molecular weight is 285 g/mol. The van der Waals surface area contributed by atoms with E-state index in [9.17, 15) is 13.2 Å². The van der Waals surface area contributed by atoms with E-state index in [1.165, 1.54) is 12.1 Å². The van der Waals surface area contributed by atoms with Crippen LogP contribution in [0.25, 0.3) is 0 Å². The number of rotatable bonds is 6. The molecule has 106 valence electrons. The second-order valence-electron chi connectivity index (χ2n) is 4.63. The molecule has 0 bridgehead atoms. The number of nitrogens with one attached hydrogen (secondary N) is 1. The van der Waals surface area contributed by atoms with Crippen molar-refractivity contribution in [2.45, 2.75) is 18.2 Å². The highest BCUT2D eigenvalue weighted by Crippen LogP contribution is 2.11. The van der Waals surface area contributed by atoms with Crippen LogP contribution in [0, 0.1) is 5.92 Å². The van der Waals surface area contributed by atoms with Crippen molar-refractivity contribution in [3.63, 3.8) is 0 Å². The molecule has 0 heterocycles. The lowest BCUT2D eigenvalue weighted by atomic mass is 10.1. The van der Waals surface area contributed by atoms with Crippen molar-refractivity contribution >= 4 is 15.7 Å². The van der Waals surface area contributed by atoms with E-state index in [-0.39, 0.29) is 23.3 Å². The standard InChI is InChI=1S/C13H19NO4S/c1-10(6-7-15)9-14-13(16)11-4-3-5-12(8-11)19(2,17)18/h3-5,8,10,15H,6-7,9H2,1-2H3,(H,14,16). The van der Waals surface area contributed by atoms with Crippen molar-refractivity contribution in [1.82, 2.24) is 5.32 Å². The van der Waals surface area contributed by atoms with Gasteiger partial charge in [0.1, 0.15) is 0 Å². The SMILES string of the molecule is CC(CCO)CNC(=O)c1cccc(S(C)(=O)=O)c1. The largest absolute Gasteiger partial charge is 0.396 e. The van der Waals surface area contributed by atoms with Crippen molar-refractivity contribution in [2.75, 3.05) is 19.4 Å². The predicted molar refractivity (Wildman–Crippen MR) is 72.8 cm³/mol. The van der Waals surface area contributed by atoms with Gasteiger partial charge in [-0.25, -0.2) is 8.42 Å². The number of sulfone groups is 1. The normalized spacial score (nSPS) is 13.0. The summed E-state index contributed by atoms with van der Waals surface area (Å²) in [5.74, 6) is -0.137. The van der Waals surface area contributed by atoms with Gasteiger partial charge in [0.05, 0.1) is 4.90 Å². The fraction of sp³-hybridized carbons (Fsp3) is 0.462. The fourth-order valence-corrected chi connectivity index (χ4v) is 2.23. The fourth-order valence-electron chi connectivity index (χ4n) is 1.56. The van der Waals surface area contributed by atoms with Crippen molar-refractivity contribution in [1.29, 1.82) is 0 Å². The first-order valence-electron chi connectivity index (χ1n) is 6.03. The Labute approximate surface area is 113 Å². The maximum Gasteiger partial charge on any atom is 0.251 e. The molecular weight excluding hydrogens is 266 g/mol. The maximum absolute atomic E-state index is 11.9. The first kappa shape index (κ1) is 15.7. The molecular formula is C13H19NO4S. The first-order valence-corrected chi connectivity index (χ1v) is 7.93. The Morgan fingerprint density at radius 3 is 2.68 bits per heavy atom. The highest BCUT2D eigenvalue weighted by molar-refractivity contribution is 7.90. The van der Waals surface area contributed by atoms with E-state index in [1.807, 2.05) is 6.92 Å². The Kier molecular flexibility index (Phi) is 5.50. The summed E-state index contributed by atoms with van der Waals surface area (Å²) >= 11 is 0. The summed E-state index contributed by atoms with van der Waals surface area (Å²) in [7, 11) is -3.31. The zero-order chi connectivity index (χ0) is 14.5. The molecule has 0 aliphatic heterocycles. The van der Waals surface area contributed by atoms with Crippen LogP contribution in [0.15, 0.2) is 29.2 Å². The molecule has 0 saturated carbocycles. The first-order chi connectivity index (χ1) is 8.84. The van der Waals surface area contributed by atoms with E-state index >= 15 is 0 Å². The second-order valence-corrected chi connectivity index (χ2v) is 6.64. The van der Waals surface area contributed by atoms with E-state index in [0.717, 1.165) is 6.26 Å². The molecule has 0 aliphatic rings. The average Bonchev–Trinajstić information content (AvgIpc) is 2.35. The van der Waals surface area contributed by atoms with Crippen molar-refractivity contribution in [2.24, 2.45) is 5.92 Å². The number of hydrogen-bond donors (Lipinski definition) is 2. The molecule has 6 heteroatoms. The highest BCUT2D eigenvalue weighted by Gasteiger charge is 2.12. The molecule has 19 heavy (non-hydrogen) atoms. The number of carbonyl (C=O) groups is 1. The predicted octanol–water partition coefficient (Wildman–Crippen LogP) is 0.838. The molecule has 0 fully saturated rings. The van der Waals surface area contributed by atoms with Gasteiger partial charge >= 0.3 is 0 Å². The van der Waals surface area contributed by atoms with E-state index in [0.29, 0.717) is 18.5 Å². The minimum Gasteiger partial charge on any atom is -0.396 e. The smallest absolute Gasteiger partial charge is 0.251 e. The molecule has 0 saturated heterocycles. The molecule has 0 aliphatic carbocycles. The van der Waals surface area contributed by atoms with Gasteiger partial charge in [-0.05, 0) is 30.5 Å². The molecule has 0 spiro atoms. The van der Waals surface area contributed by atoms with Gasteiger partial charge in [0.15, 0.2) is 9.84 Å². The van der Waals surface area contributed by atoms with Crippen LogP contribution in [-0.2, 0) is 9.84 Å². The second kappa shape index (κ2) is 6.68. The lowest BCUT2D eigenvalue weighted by molar-refractivity contribution is 0.0945. The minimum absolute atomic E-state index is 0.0839. The Balaban J connectivity index is 2.73. The summed E-state index contributed by atoms with van der Waals surface area (Å²) < 4.78 is 22.8. The van der Waals surface area contributed by atoms with Crippen LogP contribution in [0.4, 0.5) is 0 Å². The Hall–Kier alpha value is -1.40. The summed E-state index contributed by atoms with van der Waals surface area (Å²) in [5.41, 5.74) is 0.319. The minimum atomic E-state index is -3.31. The summed E-state index contributed by atoms with van der Waals surface area (Å²) in [6, 6.07) is 5.94. The summed E-state index contributed by atoms with van der Waals surface area (Å²) in [6.07, 6.45) is 1.72. The molecule has 1 atom stereocenters. The van der Waals surface area contributed by atoms with Gasteiger partial charge in [-0.2, -0.15) is 0 Å². The lowest BCUT2D eigenvalue weighted by Gasteiger charge is -2.11. The number of aliphatic hydroxyl groups is 1. The van der Waals surface area contributed by atoms with Crippen LogP contribution in [0.3, 0.4) is 0 Å². The van der Waals surface area contributed by atoms with Crippen LogP contribution < -0.4 is 5.32 Å². The van der Waals surface area contributed by atoms with Gasteiger partial charge in [-0.3, -0.25) is 4.79 Å². The molecule has 1 amide bonds. The Bertz CT molecular complexity index is 539. The number of benzene rings is 1. The van der Waals surface area contributed by atoms with Crippen LogP contribution in [-0.4, -0.2) is 38.8 Å². The Morgan fingerprint density at radius 1 is 1.42 bits per heavy atom. The number of hydrogen-bond acceptors (Lipinski definition) is 4. The third kappa shape index (κ3) is 5.00. The summed E-state index contributed by atoms with van der Waals surface area (Å²) in [4.78, 5) is 12.0. The van der Waals surface area contributed by atoms with Crippen LogP contribution in [0.5, 0.6) is 0 Å². The Morgan fingerprint density at radius 2 is 2.11 bits per heavy atom. The van der Waals surface area contributed by atoms with Crippen LogP contribution in [0.1, 0.15) is 23.7 Å². The van der Waals surface area contributed by atoms with E-state index in [2.05, 4.69) is 5.32 Å². The zero-order valence-electron chi connectivity index (χ0n) is 11.1. The third-order valence-corrected chi connectivity index (χ3v) is 3.87. The zero-order valence-corrected chi connectivity index (χ0v) is 11.9. The molecule has 1 rings (SSSR count). The number of carbonyl (C=O) groups excluding carboxylic acids is 1. The van der Waals surface area contributed by atoms with Crippen molar-refractivity contribution in [3.8, 4) is 0 Å². The topological polar surface area (TPSA) is 83.5 Å². The van der Waals surface area contributed by atoms with E-state index < -0.39 is 9.84 Å². The van der Waals surface area contributed by atoms with Gasteiger partial charge in [-0.1, -0.05) is 13.0 Å². The lowest BCUT2D eigenvalue weighted by Crippen LogP contribution is -2.28. The van der Waals surface area contributed by atoms with Crippen LogP contribution in [0.2, 0.25) is 0 Å². The van der Waals surface area contributed by atoms with E-state index in [4.69, 9.17) is 5.11 Å². The van der Waals surface area contributed by atoms with Crippen molar-refractivity contribution < 1.29 is 18.3 Å². The quantitative estimate of drug-likeness (QED) is 0.811. The maximum atomic E-state index is 11.9. The molecule has 1 aromatic carbocycles. The molecule has 2 N–H and O–H groups in total. The van der Waals surface area contributed by atoms with Gasteiger partial charge in [0, 0.05) is 25.0 Å². The molecule has 5 nitrogen and oxygen atoms in total. The summed E-state index contributed by atoms with van der Waals surface area (Å²) in [5, 5.41) is 11.5. The van der Waals surface area contributed by atoms with Gasteiger partial charge in [0.2, 0.25) is 0 Å².